The molecule has 0 aliphatic heterocycles. The van der Waals surface area contributed by atoms with Crippen LogP contribution in [0, 0.1) is 0 Å². The van der Waals surface area contributed by atoms with E-state index in [0.29, 0.717) is 11.4 Å². The predicted molar refractivity (Wildman–Crippen MR) is 51.8 cm³/mol. The molecule has 3 heteroatoms. The van der Waals surface area contributed by atoms with Crippen LogP contribution >= 0.6 is 0 Å². The minimum Gasteiger partial charge on any atom is -0.868 e. The molecule has 70 valence electrons. The second kappa shape index (κ2) is 3.38. The molecule has 14 heavy (non-hydrogen) atoms. The SMILES string of the molecule is Nc1cccc([O-])c1-[n+]1ccccc1. The molecular formula is C11H10N2O. The van der Waals surface area contributed by atoms with Gasteiger partial charge in [0, 0.05) is 12.1 Å². The van der Waals surface area contributed by atoms with Gasteiger partial charge in [0.15, 0.2) is 12.4 Å². The number of nitrogens with zero attached hydrogens (tertiary/aromatic N) is 1. The summed E-state index contributed by atoms with van der Waals surface area (Å²) >= 11 is 0. The zero-order valence-electron chi connectivity index (χ0n) is 7.55. The van der Waals surface area contributed by atoms with Crippen molar-refractivity contribution >= 4 is 5.69 Å². The largest absolute Gasteiger partial charge is 0.868 e. The van der Waals surface area contributed by atoms with Crippen molar-refractivity contribution in [3.63, 3.8) is 0 Å². The summed E-state index contributed by atoms with van der Waals surface area (Å²) < 4.78 is 1.72. The lowest BCUT2D eigenvalue weighted by Gasteiger charge is -2.09. The Morgan fingerprint density at radius 2 is 1.71 bits per heavy atom. The van der Waals surface area contributed by atoms with Gasteiger partial charge in [-0.3, -0.25) is 0 Å². The molecular weight excluding hydrogens is 176 g/mol. The molecule has 1 heterocycles. The number of anilines is 1. The summed E-state index contributed by atoms with van der Waals surface area (Å²) in [4.78, 5) is 0. The van der Waals surface area contributed by atoms with Crippen molar-refractivity contribution in [2.24, 2.45) is 0 Å². The van der Waals surface area contributed by atoms with Gasteiger partial charge in [0.05, 0.1) is 0 Å². The summed E-state index contributed by atoms with van der Waals surface area (Å²) in [7, 11) is 0. The van der Waals surface area contributed by atoms with Gasteiger partial charge in [-0.05, 0) is 11.8 Å². The third-order valence-electron chi connectivity index (χ3n) is 2.00. The Kier molecular flexibility index (Phi) is 2.07. The summed E-state index contributed by atoms with van der Waals surface area (Å²) in [6.07, 6.45) is 3.60. The first-order chi connectivity index (χ1) is 6.79. The summed E-state index contributed by atoms with van der Waals surface area (Å²) in [6.45, 7) is 0. The number of aromatic nitrogens is 1. The number of nitrogen functional groups attached to an aromatic ring is 1. The maximum atomic E-state index is 11.5. The molecule has 1 aromatic carbocycles. The molecule has 0 saturated carbocycles. The van der Waals surface area contributed by atoms with Crippen LogP contribution in [0.5, 0.6) is 5.75 Å². The van der Waals surface area contributed by atoms with Crippen LogP contribution in [0.3, 0.4) is 0 Å². The Balaban J connectivity index is 2.63. The maximum Gasteiger partial charge on any atom is 0.225 e. The lowest BCUT2D eigenvalue weighted by Crippen LogP contribution is -2.31. The highest BCUT2D eigenvalue weighted by molar-refractivity contribution is 5.59. The molecule has 0 radical (unpaired) electrons. The molecule has 0 bridgehead atoms. The Bertz CT molecular complexity index is 420. The highest BCUT2D eigenvalue weighted by Crippen LogP contribution is 2.19. The van der Waals surface area contributed by atoms with Crippen molar-refractivity contribution in [3.8, 4) is 11.4 Å². The van der Waals surface area contributed by atoms with Gasteiger partial charge < -0.3 is 10.8 Å². The van der Waals surface area contributed by atoms with Gasteiger partial charge in [0.25, 0.3) is 0 Å². The normalized spacial score (nSPS) is 10.0. The van der Waals surface area contributed by atoms with Crippen LogP contribution in [0.4, 0.5) is 5.69 Å². The molecule has 0 aliphatic carbocycles. The van der Waals surface area contributed by atoms with Crippen LogP contribution in [0.15, 0.2) is 48.8 Å². The summed E-state index contributed by atoms with van der Waals surface area (Å²) in [6, 6.07) is 10.5. The fraction of sp³-hybridized carbons (Fsp3) is 0. The zero-order valence-corrected chi connectivity index (χ0v) is 7.55. The molecule has 0 unspecified atom stereocenters. The number of hydrogen-bond donors (Lipinski definition) is 1. The first-order valence-electron chi connectivity index (χ1n) is 4.31. The minimum atomic E-state index is -0.0683. The summed E-state index contributed by atoms with van der Waals surface area (Å²) in [5.41, 5.74) is 6.73. The van der Waals surface area contributed by atoms with Crippen molar-refractivity contribution in [3.05, 3.63) is 48.8 Å². The monoisotopic (exact) mass is 186 g/mol. The molecule has 2 rings (SSSR count). The first-order valence-corrected chi connectivity index (χ1v) is 4.31. The van der Waals surface area contributed by atoms with Gasteiger partial charge in [-0.15, -0.1) is 0 Å². The molecule has 0 spiro atoms. The van der Waals surface area contributed by atoms with E-state index < -0.39 is 0 Å². The number of hydrogen-bond acceptors (Lipinski definition) is 2. The molecule has 2 N–H and O–H groups in total. The van der Waals surface area contributed by atoms with E-state index in [1.807, 2.05) is 18.2 Å². The standard InChI is InChI=1S/C11H10N2O/c12-9-5-4-6-10(14)11(9)13-7-2-1-3-8-13/h1-8H,12H2. The van der Waals surface area contributed by atoms with E-state index in [0.717, 1.165) is 0 Å². The smallest absolute Gasteiger partial charge is 0.225 e. The van der Waals surface area contributed by atoms with Gasteiger partial charge in [-0.2, -0.15) is 4.57 Å². The second-order valence-corrected chi connectivity index (χ2v) is 2.98. The van der Waals surface area contributed by atoms with Crippen LogP contribution < -0.4 is 15.4 Å². The van der Waals surface area contributed by atoms with Crippen molar-refractivity contribution in [2.75, 3.05) is 5.73 Å². The van der Waals surface area contributed by atoms with Crippen LogP contribution in [0.2, 0.25) is 0 Å². The average molecular weight is 186 g/mol. The highest BCUT2D eigenvalue weighted by Gasteiger charge is 2.09. The Morgan fingerprint density at radius 1 is 1.00 bits per heavy atom. The number of benzene rings is 1. The molecule has 1 aromatic heterocycles. The van der Waals surface area contributed by atoms with Gasteiger partial charge in [0.1, 0.15) is 5.69 Å². The predicted octanol–water partition coefficient (Wildman–Crippen LogP) is 0.619. The van der Waals surface area contributed by atoms with Gasteiger partial charge in [-0.1, -0.05) is 18.2 Å². The van der Waals surface area contributed by atoms with Crippen molar-refractivity contribution < 1.29 is 9.67 Å². The molecule has 0 fully saturated rings. The Hall–Kier alpha value is -2.03. The van der Waals surface area contributed by atoms with Gasteiger partial charge >= 0.3 is 0 Å². The zero-order chi connectivity index (χ0) is 9.97. The number of rotatable bonds is 1. The molecule has 0 saturated heterocycles. The third kappa shape index (κ3) is 1.40. The summed E-state index contributed by atoms with van der Waals surface area (Å²) in [5, 5.41) is 11.5. The molecule has 0 aliphatic rings. The van der Waals surface area contributed by atoms with Gasteiger partial charge in [0.2, 0.25) is 5.69 Å². The van der Waals surface area contributed by atoms with Crippen LogP contribution in [0.1, 0.15) is 0 Å². The van der Waals surface area contributed by atoms with Crippen molar-refractivity contribution in [1.82, 2.24) is 0 Å². The van der Waals surface area contributed by atoms with E-state index in [-0.39, 0.29) is 5.75 Å². The minimum absolute atomic E-state index is 0.0683. The van der Waals surface area contributed by atoms with E-state index >= 15 is 0 Å². The molecule has 2 aromatic rings. The van der Waals surface area contributed by atoms with Crippen LogP contribution in [-0.2, 0) is 0 Å². The van der Waals surface area contributed by atoms with E-state index in [2.05, 4.69) is 0 Å². The molecule has 3 nitrogen and oxygen atoms in total. The molecule has 0 amide bonds. The second-order valence-electron chi connectivity index (χ2n) is 2.98. The fourth-order valence-electron chi connectivity index (χ4n) is 1.36. The number of pyridine rings is 1. The topological polar surface area (TPSA) is 53.0 Å². The Morgan fingerprint density at radius 3 is 2.36 bits per heavy atom. The number of para-hydroxylation sites is 1. The number of nitrogens with two attached hydrogens (primary N) is 1. The summed E-state index contributed by atoms with van der Waals surface area (Å²) in [5.74, 6) is -0.0683. The van der Waals surface area contributed by atoms with Gasteiger partial charge in [-0.25, -0.2) is 0 Å². The lowest BCUT2D eigenvalue weighted by atomic mass is 10.2. The third-order valence-corrected chi connectivity index (χ3v) is 2.00. The first kappa shape index (κ1) is 8.56. The highest BCUT2D eigenvalue weighted by atomic mass is 16.3. The van der Waals surface area contributed by atoms with Crippen LogP contribution in [-0.4, -0.2) is 0 Å². The van der Waals surface area contributed by atoms with E-state index in [1.165, 1.54) is 6.07 Å². The van der Waals surface area contributed by atoms with Crippen LogP contribution in [0.25, 0.3) is 5.69 Å². The lowest BCUT2D eigenvalue weighted by molar-refractivity contribution is -0.599. The molecule has 0 atom stereocenters. The fourth-order valence-corrected chi connectivity index (χ4v) is 1.36. The van der Waals surface area contributed by atoms with Crippen molar-refractivity contribution in [1.29, 1.82) is 0 Å². The van der Waals surface area contributed by atoms with Crippen molar-refractivity contribution in [2.45, 2.75) is 0 Å². The quantitative estimate of drug-likeness (QED) is 0.524. The van der Waals surface area contributed by atoms with E-state index in [1.54, 1.807) is 29.1 Å². The average Bonchev–Trinajstić information content (AvgIpc) is 2.19. The Labute approximate surface area is 82.1 Å². The van der Waals surface area contributed by atoms with E-state index in [4.69, 9.17) is 5.73 Å². The maximum absolute atomic E-state index is 11.5. The van der Waals surface area contributed by atoms with E-state index in [9.17, 15) is 5.11 Å².